The van der Waals surface area contributed by atoms with Crippen LogP contribution in [0.3, 0.4) is 0 Å². The van der Waals surface area contributed by atoms with Gasteiger partial charge in [-0.15, -0.1) is 0 Å². The van der Waals surface area contributed by atoms with Crippen molar-refractivity contribution < 1.29 is 30.4 Å². The van der Waals surface area contributed by atoms with Crippen molar-refractivity contribution in [1.29, 1.82) is 0 Å². The molecule has 0 aliphatic rings. The van der Waals surface area contributed by atoms with E-state index in [0.717, 1.165) is 4.46 Å². The standard InChI is InChI=1S/C6H5.Cu.H3O3P/c1-2-4-6-5-3-1;;1-4(2)3/h1-5H;;4H,(H2,1,2,3)/q;+2;/p-2. The summed E-state index contributed by atoms with van der Waals surface area (Å²) < 4.78 is 9.40. The predicted octanol–water partition coefficient (Wildman–Crippen LogP) is -1.04. The van der Waals surface area contributed by atoms with Gasteiger partial charge in [-0.1, -0.05) is 8.25 Å². The molecule has 0 heterocycles. The fraction of sp³-hybridized carbons (Fsp3) is 0. The van der Waals surface area contributed by atoms with E-state index >= 15 is 0 Å². The molecule has 0 unspecified atom stereocenters. The fourth-order valence-electron chi connectivity index (χ4n) is 0.400. The summed E-state index contributed by atoms with van der Waals surface area (Å²) in [4.78, 5) is 17.0. The van der Waals surface area contributed by atoms with Gasteiger partial charge in [-0.3, -0.25) is 0 Å². The normalized spacial score (nSPS) is 8.82. The van der Waals surface area contributed by atoms with Crippen molar-refractivity contribution in [1.82, 2.24) is 0 Å². The zero-order valence-corrected chi connectivity index (χ0v) is 7.35. The van der Waals surface area contributed by atoms with Gasteiger partial charge in [-0.2, -0.15) is 0 Å². The Morgan fingerprint density at radius 1 is 1.18 bits per heavy atom. The molecule has 0 saturated carbocycles. The van der Waals surface area contributed by atoms with Crippen LogP contribution in [0.2, 0.25) is 0 Å². The van der Waals surface area contributed by atoms with E-state index in [1.54, 1.807) is 0 Å². The van der Waals surface area contributed by atoms with Crippen LogP contribution in [0.25, 0.3) is 0 Å². The van der Waals surface area contributed by atoms with Gasteiger partial charge >= 0.3 is 50.8 Å². The molecule has 0 spiro atoms. The maximum absolute atomic E-state index is 8.52. The van der Waals surface area contributed by atoms with Crippen molar-refractivity contribution in [2.24, 2.45) is 0 Å². The molecular weight excluding hydrogens is 215 g/mol. The van der Waals surface area contributed by atoms with Gasteiger partial charge in [-0.25, -0.2) is 0 Å². The summed E-state index contributed by atoms with van der Waals surface area (Å²) in [5, 5.41) is 0. The van der Waals surface area contributed by atoms with Crippen molar-refractivity contribution >= 4 is 12.7 Å². The Kier molecular flexibility index (Phi) is 6.52. The van der Waals surface area contributed by atoms with Crippen LogP contribution in [0.4, 0.5) is 0 Å². The second-order valence-electron chi connectivity index (χ2n) is 1.50. The third-order valence-electron chi connectivity index (χ3n) is 0.708. The van der Waals surface area contributed by atoms with Crippen LogP contribution in [0.1, 0.15) is 0 Å². The van der Waals surface area contributed by atoms with E-state index in [1.807, 2.05) is 30.3 Å². The van der Waals surface area contributed by atoms with Crippen LogP contribution in [-0.2, 0) is 20.6 Å². The average Bonchev–Trinajstić information content (AvgIpc) is 1.87. The zero-order chi connectivity index (χ0) is 8.69. The molecular formula is C6H6CuO3P. The van der Waals surface area contributed by atoms with E-state index in [9.17, 15) is 0 Å². The molecule has 0 amide bonds. The van der Waals surface area contributed by atoms with Gasteiger partial charge in [0.05, 0.1) is 0 Å². The summed E-state index contributed by atoms with van der Waals surface area (Å²) in [5.74, 6) is 0. The van der Waals surface area contributed by atoms with Gasteiger partial charge in [0, 0.05) is 0 Å². The first-order valence-corrected chi connectivity index (χ1v) is 4.37. The minimum atomic E-state index is -3.63. The molecule has 0 saturated heterocycles. The van der Waals surface area contributed by atoms with E-state index in [1.165, 1.54) is 0 Å². The van der Waals surface area contributed by atoms with Crippen LogP contribution in [0.5, 0.6) is 0 Å². The van der Waals surface area contributed by atoms with Crippen molar-refractivity contribution in [3.63, 3.8) is 0 Å². The van der Waals surface area contributed by atoms with Gasteiger partial charge in [0.25, 0.3) is 0 Å². The second-order valence-corrected chi connectivity index (χ2v) is 2.55. The molecule has 0 N–H and O–H groups in total. The molecule has 1 aromatic rings. The Morgan fingerprint density at radius 3 is 1.73 bits per heavy atom. The van der Waals surface area contributed by atoms with Crippen LogP contribution >= 0.6 is 8.25 Å². The quantitative estimate of drug-likeness (QED) is 0.414. The Labute approximate surface area is 73.8 Å². The number of benzene rings is 1. The molecule has 1 rings (SSSR count). The van der Waals surface area contributed by atoms with Crippen LogP contribution in [0.15, 0.2) is 30.3 Å². The molecule has 3 nitrogen and oxygen atoms in total. The Morgan fingerprint density at radius 2 is 1.55 bits per heavy atom. The molecule has 5 heteroatoms. The van der Waals surface area contributed by atoms with E-state index < -0.39 is 8.25 Å². The van der Waals surface area contributed by atoms with Gasteiger partial charge < -0.3 is 14.4 Å². The SMILES string of the molecule is O=[PH]([O-])[O-].[Cu+2][c]1ccccc1. The first kappa shape index (κ1) is 10.9. The first-order chi connectivity index (χ1) is 5.13. The van der Waals surface area contributed by atoms with E-state index in [2.05, 4.69) is 0 Å². The minimum absolute atomic E-state index is 0.884. The Bertz CT molecular complexity index is 210. The molecule has 1 aromatic carbocycles. The third kappa shape index (κ3) is 9.89. The van der Waals surface area contributed by atoms with Crippen LogP contribution < -0.4 is 14.2 Å². The second kappa shape index (κ2) is 6.59. The zero-order valence-electron chi connectivity index (χ0n) is 5.41. The van der Waals surface area contributed by atoms with Crippen molar-refractivity contribution in [2.45, 2.75) is 0 Å². The fourth-order valence-corrected chi connectivity index (χ4v) is 0.581. The predicted molar refractivity (Wildman–Crippen MR) is 35.1 cm³/mol. The van der Waals surface area contributed by atoms with Crippen molar-refractivity contribution in [3.8, 4) is 0 Å². The molecule has 11 heavy (non-hydrogen) atoms. The van der Waals surface area contributed by atoms with Gasteiger partial charge in [0.2, 0.25) is 0 Å². The number of hydrogen-bond donors (Lipinski definition) is 0. The van der Waals surface area contributed by atoms with Crippen molar-refractivity contribution in [3.05, 3.63) is 30.3 Å². The molecule has 0 bridgehead atoms. The Balaban J connectivity index is 0.000000218. The first-order valence-electron chi connectivity index (χ1n) is 2.67. The molecule has 0 aliphatic carbocycles. The van der Waals surface area contributed by atoms with E-state index in [0.29, 0.717) is 0 Å². The summed E-state index contributed by atoms with van der Waals surface area (Å²) in [7, 11) is -3.63. The van der Waals surface area contributed by atoms with Crippen LogP contribution in [-0.4, -0.2) is 0 Å². The molecule has 0 fully saturated rings. The summed E-state index contributed by atoms with van der Waals surface area (Å²) in [5.41, 5.74) is 0. The summed E-state index contributed by atoms with van der Waals surface area (Å²) in [6, 6.07) is 9.58. The molecule has 0 radical (unpaired) electrons. The van der Waals surface area contributed by atoms with Crippen molar-refractivity contribution in [2.75, 3.05) is 0 Å². The number of hydrogen-bond acceptors (Lipinski definition) is 3. The topological polar surface area (TPSA) is 63.2 Å². The van der Waals surface area contributed by atoms with Gasteiger partial charge in [-0.05, 0) is 0 Å². The average molecular weight is 221 g/mol. The van der Waals surface area contributed by atoms with E-state index in [-0.39, 0.29) is 0 Å². The Hall–Kier alpha value is -0.111. The molecule has 64 valence electrons. The van der Waals surface area contributed by atoms with Gasteiger partial charge in [0.1, 0.15) is 0 Å². The van der Waals surface area contributed by atoms with Gasteiger partial charge in [0.15, 0.2) is 0 Å². The maximum atomic E-state index is 8.52. The summed E-state index contributed by atoms with van der Waals surface area (Å²) in [6.07, 6.45) is 0. The monoisotopic (exact) mass is 220 g/mol. The summed E-state index contributed by atoms with van der Waals surface area (Å²) in [6.45, 7) is 0. The van der Waals surface area contributed by atoms with Crippen LogP contribution in [0, 0.1) is 0 Å². The summed E-state index contributed by atoms with van der Waals surface area (Å²) >= 11 is 4.95. The molecule has 0 aromatic heterocycles. The molecule has 0 atom stereocenters. The van der Waals surface area contributed by atoms with E-state index in [4.69, 9.17) is 30.4 Å². The number of rotatable bonds is 0. The third-order valence-corrected chi connectivity index (χ3v) is 1.02. The molecule has 0 aliphatic heterocycles.